The first kappa shape index (κ1) is 14.1. The van der Waals surface area contributed by atoms with E-state index in [9.17, 15) is 14.9 Å². The molecule has 0 saturated carbocycles. The SMILES string of the molecule is COC(C)C(=O)NCCc1ccc([N+](=O)[O-])cc1. The van der Waals surface area contributed by atoms with Gasteiger partial charge in [-0.2, -0.15) is 0 Å². The Hall–Kier alpha value is -1.95. The van der Waals surface area contributed by atoms with Crippen LogP contribution in [0.5, 0.6) is 0 Å². The average molecular weight is 252 g/mol. The van der Waals surface area contributed by atoms with E-state index in [1.807, 2.05) is 0 Å². The van der Waals surface area contributed by atoms with Crippen molar-refractivity contribution in [1.82, 2.24) is 5.32 Å². The maximum atomic E-state index is 11.4. The zero-order valence-electron chi connectivity index (χ0n) is 10.4. The van der Waals surface area contributed by atoms with Gasteiger partial charge in [-0.05, 0) is 18.9 Å². The Morgan fingerprint density at radius 2 is 2.06 bits per heavy atom. The standard InChI is InChI=1S/C12H16N2O4/c1-9(18-2)12(15)13-8-7-10-3-5-11(6-4-10)14(16)17/h3-6,9H,7-8H2,1-2H3,(H,13,15). The van der Waals surface area contributed by atoms with Crippen molar-refractivity contribution in [3.8, 4) is 0 Å². The number of carbonyl (C=O) groups excluding carboxylic acids is 1. The fourth-order valence-corrected chi connectivity index (χ4v) is 1.37. The van der Waals surface area contributed by atoms with Gasteiger partial charge in [0.1, 0.15) is 6.10 Å². The van der Waals surface area contributed by atoms with Crippen molar-refractivity contribution < 1.29 is 14.5 Å². The smallest absolute Gasteiger partial charge is 0.269 e. The van der Waals surface area contributed by atoms with E-state index in [2.05, 4.69) is 5.32 Å². The predicted molar refractivity (Wildman–Crippen MR) is 66.3 cm³/mol. The second-order valence-corrected chi connectivity index (χ2v) is 3.84. The topological polar surface area (TPSA) is 81.5 Å². The van der Waals surface area contributed by atoms with E-state index in [-0.39, 0.29) is 11.6 Å². The summed E-state index contributed by atoms with van der Waals surface area (Å²) in [6, 6.07) is 6.28. The molecule has 0 saturated heterocycles. The monoisotopic (exact) mass is 252 g/mol. The molecule has 6 heteroatoms. The minimum atomic E-state index is -0.470. The van der Waals surface area contributed by atoms with Crippen LogP contribution in [-0.2, 0) is 16.0 Å². The summed E-state index contributed by atoms with van der Waals surface area (Å²) in [4.78, 5) is 21.4. The molecule has 0 fully saturated rings. The van der Waals surface area contributed by atoms with Crippen molar-refractivity contribution in [3.05, 3.63) is 39.9 Å². The van der Waals surface area contributed by atoms with Crippen LogP contribution in [0.3, 0.4) is 0 Å². The van der Waals surface area contributed by atoms with E-state index in [4.69, 9.17) is 4.74 Å². The number of hydrogen-bond acceptors (Lipinski definition) is 4. The first-order chi connectivity index (χ1) is 8.54. The van der Waals surface area contributed by atoms with Crippen LogP contribution in [0.4, 0.5) is 5.69 Å². The van der Waals surface area contributed by atoms with Gasteiger partial charge in [-0.25, -0.2) is 0 Å². The van der Waals surface area contributed by atoms with Gasteiger partial charge in [0.05, 0.1) is 4.92 Å². The highest BCUT2D eigenvalue weighted by Crippen LogP contribution is 2.11. The summed E-state index contributed by atoms with van der Waals surface area (Å²) < 4.78 is 4.87. The summed E-state index contributed by atoms with van der Waals surface area (Å²) in [6.07, 6.45) is 0.155. The molecule has 0 aromatic heterocycles. The lowest BCUT2D eigenvalue weighted by Gasteiger charge is -2.10. The van der Waals surface area contributed by atoms with Gasteiger partial charge in [-0.15, -0.1) is 0 Å². The van der Waals surface area contributed by atoms with Crippen molar-refractivity contribution >= 4 is 11.6 Å². The van der Waals surface area contributed by atoms with E-state index in [0.717, 1.165) is 5.56 Å². The Balaban J connectivity index is 2.40. The molecule has 6 nitrogen and oxygen atoms in total. The summed E-state index contributed by atoms with van der Waals surface area (Å²) in [7, 11) is 1.47. The Labute approximate surface area is 105 Å². The van der Waals surface area contributed by atoms with Crippen molar-refractivity contribution in [2.75, 3.05) is 13.7 Å². The van der Waals surface area contributed by atoms with Crippen LogP contribution < -0.4 is 5.32 Å². The number of non-ortho nitro benzene ring substituents is 1. The molecule has 1 N–H and O–H groups in total. The fourth-order valence-electron chi connectivity index (χ4n) is 1.37. The Kier molecular flexibility index (Phi) is 5.26. The number of methoxy groups -OCH3 is 1. The number of rotatable bonds is 6. The Bertz CT molecular complexity index is 417. The van der Waals surface area contributed by atoms with Crippen LogP contribution in [0.25, 0.3) is 0 Å². The summed E-state index contributed by atoms with van der Waals surface area (Å²) in [5.74, 6) is -0.167. The van der Waals surface area contributed by atoms with Crippen molar-refractivity contribution in [1.29, 1.82) is 0 Å². The van der Waals surface area contributed by atoms with Gasteiger partial charge in [0.25, 0.3) is 5.69 Å². The van der Waals surface area contributed by atoms with Crippen molar-refractivity contribution in [2.24, 2.45) is 0 Å². The number of nitro benzene ring substituents is 1. The number of amides is 1. The van der Waals surface area contributed by atoms with Gasteiger partial charge >= 0.3 is 0 Å². The van der Waals surface area contributed by atoms with Crippen LogP contribution >= 0.6 is 0 Å². The first-order valence-corrected chi connectivity index (χ1v) is 5.58. The number of carbonyl (C=O) groups is 1. The second kappa shape index (κ2) is 6.70. The maximum absolute atomic E-state index is 11.4. The highest BCUT2D eigenvalue weighted by Gasteiger charge is 2.10. The Morgan fingerprint density at radius 3 is 2.56 bits per heavy atom. The fraction of sp³-hybridized carbons (Fsp3) is 0.417. The summed E-state index contributed by atoms with van der Waals surface area (Å²) in [5.41, 5.74) is 1.00. The number of nitro groups is 1. The second-order valence-electron chi connectivity index (χ2n) is 3.84. The van der Waals surface area contributed by atoms with Crippen LogP contribution in [-0.4, -0.2) is 30.6 Å². The number of hydrogen-bond donors (Lipinski definition) is 1. The van der Waals surface area contributed by atoms with Crippen LogP contribution in [0.15, 0.2) is 24.3 Å². The molecule has 98 valence electrons. The average Bonchev–Trinajstić information content (AvgIpc) is 2.38. The number of ether oxygens (including phenoxy) is 1. The zero-order chi connectivity index (χ0) is 13.5. The lowest BCUT2D eigenvalue weighted by Crippen LogP contribution is -2.35. The molecule has 0 aliphatic carbocycles. The van der Waals surface area contributed by atoms with Gasteiger partial charge in [-0.1, -0.05) is 12.1 Å². The molecular weight excluding hydrogens is 236 g/mol. The molecule has 18 heavy (non-hydrogen) atoms. The zero-order valence-corrected chi connectivity index (χ0v) is 10.4. The molecule has 1 amide bonds. The van der Waals surface area contributed by atoms with E-state index >= 15 is 0 Å². The van der Waals surface area contributed by atoms with Crippen LogP contribution in [0.2, 0.25) is 0 Å². The first-order valence-electron chi connectivity index (χ1n) is 5.58. The van der Waals surface area contributed by atoms with E-state index in [1.165, 1.54) is 19.2 Å². The maximum Gasteiger partial charge on any atom is 0.269 e. The highest BCUT2D eigenvalue weighted by molar-refractivity contribution is 5.80. The van der Waals surface area contributed by atoms with Crippen LogP contribution in [0.1, 0.15) is 12.5 Å². The molecule has 1 atom stereocenters. The molecule has 0 radical (unpaired) electrons. The summed E-state index contributed by atoms with van der Waals surface area (Å²) >= 11 is 0. The molecule has 0 spiro atoms. The largest absolute Gasteiger partial charge is 0.372 e. The lowest BCUT2D eigenvalue weighted by molar-refractivity contribution is -0.384. The third-order valence-electron chi connectivity index (χ3n) is 2.58. The molecule has 0 heterocycles. The van der Waals surface area contributed by atoms with E-state index < -0.39 is 11.0 Å². The van der Waals surface area contributed by atoms with Gasteiger partial charge in [0, 0.05) is 25.8 Å². The Morgan fingerprint density at radius 1 is 1.44 bits per heavy atom. The van der Waals surface area contributed by atoms with Gasteiger partial charge in [0.15, 0.2) is 0 Å². The summed E-state index contributed by atoms with van der Waals surface area (Å²) in [6.45, 7) is 2.14. The molecular formula is C12H16N2O4. The van der Waals surface area contributed by atoms with E-state index in [0.29, 0.717) is 13.0 Å². The number of nitrogens with one attached hydrogen (secondary N) is 1. The molecule has 1 unspecified atom stereocenters. The number of benzene rings is 1. The highest BCUT2D eigenvalue weighted by atomic mass is 16.6. The normalized spacial score (nSPS) is 11.9. The minimum absolute atomic E-state index is 0.0655. The molecule has 1 rings (SSSR count). The van der Waals surface area contributed by atoms with Crippen LogP contribution in [0, 0.1) is 10.1 Å². The quantitative estimate of drug-likeness (QED) is 0.611. The van der Waals surface area contributed by atoms with E-state index in [1.54, 1.807) is 19.1 Å². The molecule has 0 aliphatic heterocycles. The molecule has 0 bridgehead atoms. The molecule has 1 aromatic rings. The van der Waals surface area contributed by atoms with Crippen molar-refractivity contribution in [3.63, 3.8) is 0 Å². The lowest BCUT2D eigenvalue weighted by atomic mass is 10.1. The van der Waals surface area contributed by atoms with Gasteiger partial charge in [0.2, 0.25) is 5.91 Å². The molecule has 1 aromatic carbocycles. The van der Waals surface area contributed by atoms with Gasteiger partial charge < -0.3 is 10.1 Å². The summed E-state index contributed by atoms with van der Waals surface area (Å²) in [5, 5.41) is 13.2. The predicted octanol–water partition coefficient (Wildman–Crippen LogP) is 1.29. The minimum Gasteiger partial charge on any atom is -0.372 e. The van der Waals surface area contributed by atoms with Crippen molar-refractivity contribution in [2.45, 2.75) is 19.4 Å². The molecule has 0 aliphatic rings. The van der Waals surface area contributed by atoms with Gasteiger partial charge in [-0.3, -0.25) is 14.9 Å². The third-order valence-corrected chi connectivity index (χ3v) is 2.58. The third kappa shape index (κ3) is 4.14. The number of nitrogens with zero attached hydrogens (tertiary/aromatic N) is 1.